The summed E-state index contributed by atoms with van der Waals surface area (Å²) in [6.45, 7) is 3.21. The summed E-state index contributed by atoms with van der Waals surface area (Å²) < 4.78 is 3.11. The Hall–Kier alpha value is -3.46. The monoisotopic (exact) mass is 550 g/mol. The normalized spacial score (nSPS) is 13.3. The number of carbonyl (C=O) groups is 2. The van der Waals surface area contributed by atoms with E-state index in [1.807, 2.05) is 31.2 Å². The van der Waals surface area contributed by atoms with Crippen molar-refractivity contribution < 1.29 is 9.59 Å². The molecule has 4 rings (SSSR count). The van der Waals surface area contributed by atoms with Crippen molar-refractivity contribution >= 4 is 33.4 Å². The van der Waals surface area contributed by atoms with Crippen LogP contribution in [0.4, 0.5) is 0 Å². The van der Waals surface area contributed by atoms with E-state index in [-0.39, 0.29) is 30.5 Å². The number of hydrogen-bond donors (Lipinski definition) is 2. The molecule has 2 amide bonds. The molecular weight excluding hydrogens is 512 g/mol. The predicted molar refractivity (Wildman–Crippen MR) is 156 cm³/mol. The van der Waals surface area contributed by atoms with Crippen LogP contribution in [0.5, 0.6) is 0 Å². The highest BCUT2D eigenvalue weighted by Gasteiger charge is 2.16. The molecule has 0 spiro atoms. The Kier molecular flexibility index (Phi) is 10.3. The molecule has 0 bridgehead atoms. The molecule has 39 heavy (non-hydrogen) atoms. The molecule has 208 valence electrons. The average Bonchev–Trinajstić information content (AvgIpc) is 3.43. The summed E-state index contributed by atoms with van der Waals surface area (Å²) in [5.74, 6) is -0.247. The van der Waals surface area contributed by atoms with Gasteiger partial charge in [-0.05, 0) is 68.9 Å². The number of hydrogen-bond acceptors (Lipinski definition) is 5. The van der Waals surface area contributed by atoms with Crippen LogP contribution >= 0.6 is 11.3 Å². The second-order valence-electron chi connectivity index (χ2n) is 10.2. The number of unbranched alkanes of at least 4 members (excludes halogenated alkanes) is 2. The van der Waals surface area contributed by atoms with E-state index in [0.29, 0.717) is 49.0 Å². The van der Waals surface area contributed by atoms with Crippen LogP contribution in [-0.4, -0.2) is 27.5 Å². The van der Waals surface area contributed by atoms with Gasteiger partial charge in [-0.2, -0.15) is 0 Å². The molecule has 0 fully saturated rings. The number of nitrogens with zero attached hydrogens (tertiary/aromatic N) is 2. The molecule has 0 saturated heterocycles. The Morgan fingerprint density at radius 1 is 0.949 bits per heavy atom. The number of amides is 2. The molecule has 3 aromatic rings. The van der Waals surface area contributed by atoms with E-state index in [1.54, 1.807) is 11.4 Å². The molecular formula is C30H38N4O4S. The molecule has 0 aliphatic heterocycles. The quantitative estimate of drug-likeness (QED) is 0.243. The lowest BCUT2D eigenvalue weighted by Crippen LogP contribution is -2.42. The maximum Gasteiger partial charge on any atom is 0.332 e. The number of nitrogens with one attached hydrogen (secondary N) is 2. The maximum atomic E-state index is 13.2. The lowest BCUT2D eigenvalue weighted by Gasteiger charge is -2.14. The van der Waals surface area contributed by atoms with Gasteiger partial charge in [0.15, 0.2) is 0 Å². The number of rotatable bonds is 13. The first-order valence-electron chi connectivity index (χ1n) is 13.9. The zero-order valence-corrected chi connectivity index (χ0v) is 23.5. The number of aromatic nitrogens is 2. The second kappa shape index (κ2) is 14.1. The fourth-order valence-corrected chi connectivity index (χ4v) is 5.75. The zero-order valence-electron chi connectivity index (χ0n) is 22.7. The van der Waals surface area contributed by atoms with Gasteiger partial charge in [-0.25, -0.2) is 4.79 Å². The Morgan fingerprint density at radius 2 is 1.77 bits per heavy atom. The summed E-state index contributed by atoms with van der Waals surface area (Å²) in [6.07, 6.45) is 10.1. The average molecular weight is 551 g/mol. The van der Waals surface area contributed by atoms with Gasteiger partial charge in [0.2, 0.25) is 11.8 Å². The third-order valence-electron chi connectivity index (χ3n) is 7.19. The number of aryl methyl sites for hydroxylation is 1. The number of allylic oxidation sites excluding steroid dienone is 1. The fraction of sp³-hybridized carbons (Fsp3) is 0.467. The number of thiophene rings is 1. The van der Waals surface area contributed by atoms with Gasteiger partial charge in [-0.1, -0.05) is 47.9 Å². The van der Waals surface area contributed by atoms with Crippen LogP contribution < -0.4 is 21.9 Å². The molecule has 0 radical (unpaired) electrons. The van der Waals surface area contributed by atoms with E-state index in [1.165, 1.54) is 44.4 Å². The van der Waals surface area contributed by atoms with E-state index in [9.17, 15) is 19.2 Å². The smallest absolute Gasteiger partial charge is 0.332 e. The minimum Gasteiger partial charge on any atom is -0.354 e. The van der Waals surface area contributed by atoms with Crippen molar-refractivity contribution in [3.05, 3.63) is 79.3 Å². The lowest BCUT2D eigenvalue weighted by atomic mass is 9.97. The molecule has 0 unspecified atom stereocenters. The van der Waals surface area contributed by atoms with Gasteiger partial charge in [0.25, 0.3) is 5.56 Å². The Balaban J connectivity index is 1.28. The molecule has 1 aromatic carbocycles. The van der Waals surface area contributed by atoms with Crippen LogP contribution in [0.2, 0.25) is 0 Å². The van der Waals surface area contributed by atoms with Crippen molar-refractivity contribution in [3.63, 3.8) is 0 Å². The van der Waals surface area contributed by atoms with Crippen LogP contribution in [0.3, 0.4) is 0 Å². The van der Waals surface area contributed by atoms with Crippen molar-refractivity contribution in [1.82, 2.24) is 19.8 Å². The fourth-order valence-electron chi connectivity index (χ4n) is 4.90. The molecule has 9 heteroatoms. The molecule has 2 heterocycles. The second-order valence-corrected chi connectivity index (χ2v) is 11.2. The minimum atomic E-state index is -0.466. The summed E-state index contributed by atoms with van der Waals surface area (Å²) in [4.78, 5) is 51.1. The topological polar surface area (TPSA) is 102 Å². The van der Waals surface area contributed by atoms with Crippen LogP contribution in [0, 0.1) is 6.92 Å². The van der Waals surface area contributed by atoms with E-state index < -0.39 is 5.69 Å². The Labute approximate surface area is 232 Å². The first-order chi connectivity index (χ1) is 18.9. The summed E-state index contributed by atoms with van der Waals surface area (Å²) >= 11 is 1.28. The van der Waals surface area contributed by atoms with Gasteiger partial charge >= 0.3 is 5.69 Å². The first kappa shape index (κ1) is 28.5. The molecule has 8 nitrogen and oxygen atoms in total. The largest absolute Gasteiger partial charge is 0.354 e. The Bertz CT molecular complexity index is 1430. The SMILES string of the molecule is Cc1ccc(CNC(=O)CCCCCn2c(=O)c3sccc3n(CC(=O)NCCC3=CCCCC3)c2=O)cc1. The van der Waals surface area contributed by atoms with Gasteiger partial charge in [0.05, 0.1) is 5.52 Å². The van der Waals surface area contributed by atoms with Gasteiger partial charge in [-0.3, -0.25) is 23.5 Å². The zero-order chi connectivity index (χ0) is 27.6. The highest BCUT2D eigenvalue weighted by atomic mass is 32.1. The van der Waals surface area contributed by atoms with E-state index in [4.69, 9.17) is 0 Å². The Morgan fingerprint density at radius 3 is 2.54 bits per heavy atom. The third kappa shape index (κ3) is 8.02. The summed E-state index contributed by atoms with van der Waals surface area (Å²) in [6, 6.07) is 9.77. The van der Waals surface area contributed by atoms with Crippen molar-refractivity contribution in [2.45, 2.75) is 84.3 Å². The molecule has 1 aliphatic carbocycles. The van der Waals surface area contributed by atoms with Crippen molar-refractivity contribution in [1.29, 1.82) is 0 Å². The van der Waals surface area contributed by atoms with Crippen molar-refractivity contribution in [2.24, 2.45) is 0 Å². The van der Waals surface area contributed by atoms with Crippen LogP contribution in [-0.2, 0) is 29.2 Å². The van der Waals surface area contributed by atoms with E-state index >= 15 is 0 Å². The lowest BCUT2D eigenvalue weighted by molar-refractivity contribution is -0.122. The molecule has 0 saturated carbocycles. The molecule has 2 N–H and O–H groups in total. The minimum absolute atomic E-state index is 0.0131. The van der Waals surface area contributed by atoms with Crippen molar-refractivity contribution in [3.8, 4) is 0 Å². The van der Waals surface area contributed by atoms with E-state index in [0.717, 1.165) is 24.8 Å². The highest BCUT2D eigenvalue weighted by Crippen LogP contribution is 2.19. The standard InChI is InChI=1S/C30H38N4O4S/c1-22-11-13-24(14-12-22)20-32-26(35)10-6-3-7-18-33-29(37)28-25(16-19-39-28)34(30(33)38)21-27(36)31-17-15-23-8-4-2-5-9-23/h8,11-14,16,19H,2-7,9-10,15,17-18,20-21H2,1H3,(H,31,36)(H,32,35). The molecule has 2 aromatic heterocycles. The number of fused-ring (bicyclic) bond motifs is 1. The highest BCUT2D eigenvalue weighted by molar-refractivity contribution is 7.17. The van der Waals surface area contributed by atoms with Crippen LogP contribution in [0.15, 0.2) is 57.0 Å². The van der Waals surface area contributed by atoms with Gasteiger partial charge < -0.3 is 10.6 Å². The summed E-state index contributed by atoms with van der Waals surface area (Å²) in [5.41, 5.74) is 3.34. The number of benzene rings is 1. The van der Waals surface area contributed by atoms with E-state index in [2.05, 4.69) is 16.7 Å². The summed E-state index contributed by atoms with van der Waals surface area (Å²) in [5, 5.41) is 7.64. The van der Waals surface area contributed by atoms with Crippen LogP contribution in [0.1, 0.15) is 68.9 Å². The number of carbonyl (C=O) groups excluding carboxylic acids is 2. The first-order valence-corrected chi connectivity index (χ1v) is 14.8. The predicted octanol–water partition coefficient (Wildman–Crippen LogP) is 4.42. The van der Waals surface area contributed by atoms with Gasteiger partial charge in [0, 0.05) is 26.1 Å². The van der Waals surface area contributed by atoms with Crippen LogP contribution in [0.25, 0.3) is 10.2 Å². The molecule has 1 aliphatic rings. The van der Waals surface area contributed by atoms with Gasteiger partial charge in [0.1, 0.15) is 11.2 Å². The summed E-state index contributed by atoms with van der Waals surface area (Å²) in [7, 11) is 0. The van der Waals surface area contributed by atoms with Crippen molar-refractivity contribution in [2.75, 3.05) is 6.54 Å². The maximum absolute atomic E-state index is 13.2. The molecule has 0 atom stereocenters. The van der Waals surface area contributed by atoms with Gasteiger partial charge in [-0.15, -0.1) is 11.3 Å². The third-order valence-corrected chi connectivity index (χ3v) is 8.08.